The van der Waals surface area contributed by atoms with Crippen LogP contribution in [0.15, 0.2) is 79.1 Å². The van der Waals surface area contributed by atoms with E-state index >= 15 is 0 Å². The number of halogens is 1. The molecule has 0 fully saturated rings. The standard InChI is InChI=1S/C25H22FN3O2/c26-20-11-9-17(10-12-20)22(14-29-16-27-21-6-2-3-7-23(21)29)28-25(30)19-13-18-5-1-4-8-24(18)31-15-19/h1-12,16,19,22H,13-15H2,(H,28,30). The monoisotopic (exact) mass is 415 g/mol. The van der Waals surface area contributed by atoms with Crippen molar-refractivity contribution in [3.8, 4) is 5.75 Å². The van der Waals surface area contributed by atoms with Crippen molar-refractivity contribution in [3.05, 3.63) is 96.1 Å². The fourth-order valence-electron chi connectivity index (χ4n) is 4.07. The average molecular weight is 415 g/mol. The molecule has 1 N–H and O–H groups in total. The van der Waals surface area contributed by atoms with Crippen molar-refractivity contribution in [2.75, 3.05) is 6.61 Å². The summed E-state index contributed by atoms with van der Waals surface area (Å²) in [5.74, 6) is 0.177. The lowest BCUT2D eigenvalue weighted by Crippen LogP contribution is -2.40. The Morgan fingerprint density at radius 1 is 1.10 bits per heavy atom. The van der Waals surface area contributed by atoms with Crippen LogP contribution in [0.5, 0.6) is 5.75 Å². The third kappa shape index (κ3) is 4.01. The molecule has 0 spiro atoms. The molecule has 5 rings (SSSR count). The van der Waals surface area contributed by atoms with Gasteiger partial charge in [-0.1, -0.05) is 42.5 Å². The summed E-state index contributed by atoms with van der Waals surface area (Å²) in [6, 6.07) is 21.6. The van der Waals surface area contributed by atoms with Crippen molar-refractivity contribution < 1.29 is 13.9 Å². The quantitative estimate of drug-likeness (QED) is 0.529. The molecule has 0 bridgehead atoms. The highest BCUT2D eigenvalue weighted by atomic mass is 19.1. The molecular formula is C25H22FN3O2. The predicted octanol–water partition coefficient (Wildman–Crippen LogP) is 4.28. The minimum absolute atomic E-state index is 0.0757. The fourth-order valence-corrected chi connectivity index (χ4v) is 4.07. The Kier molecular flexibility index (Phi) is 5.12. The molecule has 1 aliphatic heterocycles. The Morgan fingerprint density at radius 2 is 1.87 bits per heavy atom. The van der Waals surface area contributed by atoms with Crippen LogP contribution >= 0.6 is 0 Å². The number of hydrogen-bond acceptors (Lipinski definition) is 3. The smallest absolute Gasteiger partial charge is 0.227 e. The van der Waals surface area contributed by atoms with Crippen LogP contribution in [0.1, 0.15) is 17.2 Å². The largest absolute Gasteiger partial charge is 0.492 e. The van der Waals surface area contributed by atoms with Crippen LogP contribution in [0, 0.1) is 11.7 Å². The molecule has 6 heteroatoms. The summed E-state index contributed by atoms with van der Waals surface area (Å²) in [5, 5.41) is 3.17. The van der Waals surface area contributed by atoms with Crippen molar-refractivity contribution >= 4 is 16.9 Å². The first-order chi connectivity index (χ1) is 15.2. The number of nitrogens with one attached hydrogen (secondary N) is 1. The molecule has 31 heavy (non-hydrogen) atoms. The second-order valence-corrected chi connectivity index (χ2v) is 7.82. The van der Waals surface area contributed by atoms with E-state index in [1.807, 2.05) is 53.1 Å². The molecule has 1 amide bonds. The number of hydrogen-bond donors (Lipinski definition) is 1. The maximum atomic E-state index is 13.5. The van der Waals surface area contributed by atoms with E-state index in [4.69, 9.17) is 4.74 Å². The topological polar surface area (TPSA) is 56.2 Å². The SMILES string of the molecule is O=C(NC(Cn1cnc2ccccc21)c1ccc(F)cc1)C1COc2ccccc2C1. The van der Waals surface area contributed by atoms with E-state index in [2.05, 4.69) is 10.3 Å². The highest BCUT2D eigenvalue weighted by Gasteiger charge is 2.28. The second-order valence-electron chi connectivity index (χ2n) is 7.82. The summed E-state index contributed by atoms with van der Waals surface area (Å²) >= 11 is 0. The van der Waals surface area contributed by atoms with E-state index in [1.54, 1.807) is 18.5 Å². The van der Waals surface area contributed by atoms with Gasteiger partial charge in [0.15, 0.2) is 0 Å². The highest BCUT2D eigenvalue weighted by molar-refractivity contribution is 5.80. The zero-order valence-electron chi connectivity index (χ0n) is 16.9. The molecule has 0 saturated carbocycles. The van der Waals surface area contributed by atoms with Gasteiger partial charge in [-0.25, -0.2) is 9.37 Å². The van der Waals surface area contributed by atoms with Gasteiger partial charge < -0.3 is 14.6 Å². The predicted molar refractivity (Wildman–Crippen MR) is 116 cm³/mol. The molecule has 2 unspecified atom stereocenters. The highest BCUT2D eigenvalue weighted by Crippen LogP contribution is 2.28. The summed E-state index contributed by atoms with van der Waals surface area (Å²) in [7, 11) is 0. The minimum Gasteiger partial charge on any atom is -0.492 e. The zero-order chi connectivity index (χ0) is 21.2. The Hall–Kier alpha value is -3.67. The van der Waals surface area contributed by atoms with E-state index in [9.17, 15) is 9.18 Å². The van der Waals surface area contributed by atoms with Gasteiger partial charge in [-0.2, -0.15) is 0 Å². The van der Waals surface area contributed by atoms with Gasteiger partial charge in [0.1, 0.15) is 18.2 Å². The van der Waals surface area contributed by atoms with Gasteiger partial charge >= 0.3 is 0 Å². The zero-order valence-corrected chi connectivity index (χ0v) is 16.9. The van der Waals surface area contributed by atoms with E-state index < -0.39 is 0 Å². The van der Waals surface area contributed by atoms with Crippen LogP contribution in [0.3, 0.4) is 0 Å². The number of rotatable bonds is 5. The van der Waals surface area contributed by atoms with Crippen LogP contribution in [0.25, 0.3) is 11.0 Å². The molecule has 156 valence electrons. The molecule has 0 saturated heterocycles. The Morgan fingerprint density at radius 3 is 2.74 bits per heavy atom. The second kappa shape index (κ2) is 8.22. The normalized spacial score (nSPS) is 16.4. The van der Waals surface area contributed by atoms with Crippen molar-refractivity contribution in [3.63, 3.8) is 0 Å². The molecule has 3 aromatic carbocycles. The third-order valence-corrected chi connectivity index (χ3v) is 5.75. The van der Waals surface area contributed by atoms with Gasteiger partial charge in [-0.15, -0.1) is 0 Å². The molecule has 1 aliphatic rings. The maximum Gasteiger partial charge on any atom is 0.227 e. The van der Waals surface area contributed by atoms with Gasteiger partial charge in [0.05, 0.1) is 29.3 Å². The minimum atomic E-state index is -0.331. The van der Waals surface area contributed by atoms with Crippen LogP contribution in [-0.2, 0) is 17.8 Å². The Bertz CT molecular complexity index is 1220. The van der Waals surface area contributed by atoms with Crippen molar-refractivity contribution in [1.29, 1.82) is 0 Å². The van der Waals surface area contributed by atoms with Gasteiger partial charge in [-0.3, -0.25) is 4.79 Å². The number of benzene rings is 3. The average Bonchev–Trinajstić information content (AvgIpc) is 3.21. The number of carbonyl (C=O) groups excluding carboxylic acids is 1. The molecule has 0 aliphatic carbocycles. The van der Waals surface area contributed by atoms with E-state index in [-0.39, 0.29) is 23.7 Å². The van der Waals surface area contributed by atoms with Crippen LogP contribution in [0.4, 0.5) is 4.39 Å². The number of aromatic nitrogens is 2. The first-order valence-corrected chi connectivity index (χ1v) is 10.3. The van der Waals surface area contributed by atoms with Crippen LogP contribution in [-0.4, -0.2) is 22.1 Å². The molecule has 1 aromatic heterocycles. The first kappa shape index (κ1) is 19.3. The first-order valence-electron chi connectivity index (χ1n) is 10.3. The number of imidazole rings is 1. The molecule has 0 radical (unpaired) electrons. The van der Waals surface area contributed by atoms with Gasteiger partial charge in [0.25, 0.3) is 0 Å². The number of amides is 1. The van der Waals surface area contributed by atoms with Crippen molar-refractivity contribution in [2.45, 2.75) is 19.0 Å². The summed E-state index contributed by atoms with van der Waals surface area (Å²) in [4.78, 5) is 17.6. The summed E-state index contributed by atoms with van der Waals surface area (Å²) < 4.78 is 21.3. The molecule has 5 nitrogen and oxygen atoms in total. The molecular weight excluding hydrogens is 393 g/mol. The Balaban J connectivity index is 1.39. The lowest BCUT2D eigenvalue weighted by molar-refractivity contribution is -0.127. The Labute approximate surface area is 179 Å². The maximum absolute atomic E-state index is 13.5. The molecule has 2 atom stereocenters. The van der Waals surface area contributed by atoms with Crippen LogP contribution in [0.2, 0.25) is 0 Å². The lowest BCUT2D eigenvalue weighted by Gasteiger charge is -2.27. The number of ether oxygens (including phenoxy) is 1. The summed E-state index contributed by atoms with van der Waals surface area (Å²) in [6.07, 6.45) is 2.40. The van der Waals surface area contributed by atoms with E-state index in [0.717, 1.165) is 27.9 Å². The fraction of sp³-hybridized carbons (Fsp3) is 0.200. The number of carbonyl (C=O) groups is 1. The van der Waals surface area contributed by atoms with Gasteiger partial charge in [0, 0.05) is 6.54 Å². The molecule has 2 heterocycles. The summed E-state index contributed by atoms with van der Waals surface area (Å²) in [5.41, 5.74) is 3.75. The van der Waals surface area contributed by atoms with Crippen molar-refractivity contribution in [2.24, 2.45) is 5.92 Å². The number of para-hydroxylation sites is 3. The van der Waals surface area contributed by atoms with Crippen LogP contribution < -0.4 is 10.1 Å². The van der Waals surface area contributed by atoms with E-state index in [1.165, 1.54) is 12.1 Å². The summed E-state index contributed by atoms with van der Waals surface area (Å²) in [6.45, 7) is 0.828. The molecule has 4 aromatic rings. The van der Waals surface area contributed by atoms with Gasteiger partial charge in [-0.05, 0) is 47.9 Å². The third-order valence-electron chi connectivity index (χ3n) is 5.75. The van der Waals surface area contributed by atoms with Crippen molar-refractivity contribution in [1.82, 2.24) is 14.9 Å². The van der Waals surface area contributed by atoms with E-state index in [0.29, 0.717) is 19.6 Å². The lowest BCUT2D eigenvalue weighted by atomic mass is 9.95. The number of nitrogens with zero attached hydrogens (tertiary/aromatic N) is 2. The van der Waals surface area contributed by atoms with Gasteiger partial charge in [0.2, 0.25) is 5.91 Å². The number of fused-ring (bicyclic) bond motifs is 2.